The highest BCUT2D eigenvalue weighted by Crippen LogP contribution is 2.43. The molecular weight excluding hydrogens is 444 g/mol. The first-order chi connectivity index (χ1) is 17.6. The van der Waals surface area contributed by atoms with Gasteiger partial charge in [-0.05, 0) is 74.1 Å². The topological polar surface area (TPSA) is 0 Å². The van der Waals surface area contributed by atoms with E-state index in [1.807, 2.05) is 0 Å². The molecule has 1 saturated carbocycles. The maximum Gasteiger partial charge on any atom is -0.00513 e. The highest BCUT2D eigenvalue weighted by Gasteiger charge is 2.24. The monoisotopic (exact) mass is 490 g/mol. The molecule has 0 amide bonds. The summed E-state index contributed by atoms with van der Waals surface area (Å²) < 4.78 is 0. The number of benzene rings is 3. The first-order valence-electron chi connectivity index (χ1n) is 14.7. The molecule has 0 N–H and O–H groups in total. The van der Waals surface area contributed by atoms with Crippen molar-refractivity contribution >= 4 is 6.08 Å². The normalized spacial score (nSPS) is 16.9. The highest BCUT2D eigenvalue weighted by molar-refractivity contribution is 5.87. The van der Waals surface area contributed by atoms with Gasteiger partial charge in [-0.15, -0.1) is 0 Å². The molecule has 2 aliphatic rings. The summed E-state index contributed by atoms with van der Waals surface area (Å²) in [5.41, 5.74) is 13.3. The van der Waals surface area contributed by atoms with Crippen molar-refractivity contribution in [3.8, 4) is 22.3 Å². The van der Waals surface area contributed by atoms with Gasteiger partial charge >= 0.3 is 0 Å². The average Bonchev–Trinajstić information content (AvgIpc) is 3.10. The van der Waals surface area contributed by atoms with E-state index in [4.69, 9.17) is 0 Å². The van der Waals surface area contributed by atoms with Crippen LogP contribution in [-0.4, -0.2) is 0 Å². The van der Waals surface area contributed by atoms with E-state index in [-0.39, 0.29) is 10.8 Å². The van der Waals surface area contributed by atoms with Crippen LogP contribution in [0.4, 0.5) is 0 Å². The maximum absolute atomic E-state index is 2.57. The molecule has 0 radical (unpaired) electrons. The lowest BCUT2D eigenvalue weighted by Gasteiger charge is -2.21. The number of allylic oxidation sites excluding steroid dienone is 1. The van der Waals surface area contributed by atoms with Crippen molar-refractivity contribution in [3.05, 3.63) is 88.5 Å². The van der Waals surface area contributed by atoms with Crippen LogP contribution in [0.15, 0.2) is 66.2 Å². The predicted molar refractivity (Wildman–Crippen MR) is 162 cm³/mol. The molecular formula is C37H46. The summed E-state index contributed by atoms with van der Waals surface area (Å²) in [4.78, 5) is 0. The summed E-state index contributed by atoms with van der Waals surface area (Å²) in [5, 5.41) is 0. The van der Waals surface area contributed by atoms with Gasteiger partial charge in [0, 0.05) is 0 Å². The van der Waals surface area contributed by atoms with Crippen molar-refractivity contribution in [3.63, 3.8) is 0 Å². The van der Waals surface area contributed by atoms with Gasteiger partial charge in [0.25, 0.3) is 0 Å². The number of hydrogen-bond donors (Lipinski definition) is 0. The zero-order chi connectivity index (χ0) is 26.2. The first-order valence-corrected chi connectivity index (χ1v) is 14.7. The molecule has 2 aliphatic carbocycles. The standard InChI is InChI=1S/C37H46/c1-36(2,3)30-17-13-28(14-18-30)32-21-22-33(29-15-19-31(20-16-29)37(4,5)6)35-25-27(24-34(32)35)23-26-11-9-7-8-10-12-26/h13-22,24,26H,7-12,23,25H2,1-6H3. The Balaban J connectivity index is 1.53. The third-order valence-electron chi connectivity index (χ3n) is 8.76. The van der Waals surface area contributed by atoms with E-state index < -0.39 is 0 Å². The van der Waals surface area contributed by atoms with E-state index in [1.165, 1.54) is 89.5 Å². The predicted octanol–water partition coefficient (Wildman–Crippen LogP) is 10.9. The van der Waals surface area contributed by atoms with Crippen LogP contribution in [0.25, 0.3) is 28.3 Å². The number of rotatable bonds is 4. The Morgan fingerprint density at radius 2 is 1.08 bits per heavy atom. The largest absolute Gasteiger partial charge is 0.0649 e. The van der Waals surface area contributed by atoms with E-state index in [9.17, 15) is 0 Å². The summed E-state index contributed by atoms with van der Waals surface area (Å²) in [6.45, 7) is 13.8. The van der Waals surface area contributed by atoms with Crippen LogP contribution in [-0.2, 0) is 17.3 Å². The van der Waals surface area contributed by atoms with Gasteiger partial charge in [-0.3, -0.25) is 0 Å². The van der Waals surface area contributed by atoms with Gasteiger partial charge in [0.1, 0.15) is 0 Å². The van der Waals surface area contributed by atoms with E-state index in [0.29, 0.717) is 0 Å². The quantitative estimate of drug-likeness (QED) is 0.319. The Morgan fingerprint density at radius 3 is 1.59 bits per heavy atom. The van der Waals surface area contributed by atoms with E-state index >= 15 is 0 Å². The lowest BCUT2D eigenvalue weighted by molar-refractivity contribution is 0.455. The van der Waals surface area contributed by atoms with Crippen molar-refractivity contribution in [2.75, 3.05) is 0 Å². The minimum absolute atomic E-state index is 0.176. The fraction of sp³-hybridized carbons (Fsp3) is 0.459. The summed E-state index contributed by atoms with van der Waals surface area (Å²) in [7, 11) is 0. The Bertz CT molecular complexity index is 1250. The molecule has 194 valence electrons. The van der Waals surface area contributed by atoms with E-state index in [0.717, 1.165) is 12.3 Å². The Morgan fingerprint density at radius 1 is 0.595 bits per heavy atom. The molecule has 0 heterocycles. The second kappa shape index (κ2) is 10.3. The number of fused-ring (bicyclic) bond motifs is 1. The highest BCUT2D eigenvalue weighted by atomic mass is 14.3. The zero-order valence-corrected chi connectivity index (χ0v) is 24.1. The fourth-order valence-corrected chi connectivity index (χ4v) is 6.39. The fourth-order valence-electron chi connectivity index (χ4n) is 6.39. The lowest BCUT2D eigenvalue weighted by Crippen LogP contribution is -2.10. The van der Waals surface area contributed by atoms with Crippen LogP contribution in [0.2, 0.25) is 0 Å². The van der Waals surface area contributed by atoms with Crippen molar-refractivity contribution in [1.82, 2.24) is 0 Å². The molecule has 3 aromatic carbocycles. The van der Waals surface area contributed by atoms with Gasteiger partial charge < -0.3 is 0 Å². The van der Waals surface area contributed by atoms with Crippen LogP contribution in [0.3, 0.4) is 0 Å². The van der Waals surface area contributed by atoms with Crippen molar-refractivity contribution in [2.45, 2.75) is 104 Å². The van der Waals surface area contributed by atoms with Crippen molar-refractivity contribution < 1.29 is 0 Å². The van der Waals surface area contributed by atoms with Gasteiger partial charge in [-0.1, -0.05) is 152 Å². The summed E-state index contributed by atoms with van der Waals surface area (Å²) in [6.07, 6.45) is 13.5. The molecule has 0 atom stereocenters. The van der Waals surface area contributed by atoms with Crippen molar-refractivity contribution in [1.29, 1.82) is 0 Å². The van der Waals surface area contributed by atoms with Gasteiger partial charge in [0.2, 0.25) is 0 Å². The molecule has 37 heavy (non-hydrogen) atoms. The second-order valence-electron chi connectivity index (χ2n) is 13.7. The minimum Gasteiger partial charge on any atom is -0.0649 e. The van der Waals surface area contributed by atoms with Crippen LogP contribution in [0, 0.1) is 5.92 Å². The Labute approximate surface area is 226 Å². The molecule has 5 rings (SSSR count). The zero-order valence-electron chi connectivity index (χ0n) is 24.1. The van der Waals surface area contributed by atoms with Gasteiger partial charge in [-0.25, -0.2) is 0 Å². The maximum atomic E-state index is 2.57. The third-order valence-corrected chi connectivity index (χ3v) is 8.76. The number of hydrogen-bond acceptors (Lipinski definition) is 0. The molecule has 0 spiro atoms. The molecule has 0 unspecified atom stereocenters. The molecule has 1 fully saturated rings. The third kappa shape index (κ3) is 5.79. The van der Waals surface area contributed by atoms with E-state index in [2.05, 4.69) is 108 Å². The molecule has 0 aromatic heterocycles. The Kier molecular flexibility index (Phi) is 7.23. The minimum atomic E-state index is 0.176. The summed E-state index contributed by atoms with van der Waals surface area (Å²) in [5.74, 6) is 0.868. The van der Waals surface area contributed by atoms with Gasteiger partial charge in [0.15, 0.2) is 0 Å². The molecule has 0 saturated heterocycles. The Hall–Kier alpha value is -2.60. The molecule has 3 aromatic rings. The van der Waals surface area contributed by atoms with Gasteiger partial charge in [-0.2, -0.15) is 0 Å². The van der Waals surface area contributed by atoms with Crippen molar-refractivity contribution in [2.24, 2.45) is 5.92 Å². The van der Waals surface area contributed by atoms with Crippen LogP contribution < -0.4 is 0 Å². The summed E-state index contributed by atoms with van der Waals surface area (Å²) >= 11 is 0. The van der Waals surface area contributed by atoms with Gasteiger partial charge in [0.05, 0.1) is 0 Å². The summed E-state index contributed by atoms with van der Waals surface area (Å²) in [6, 6.07) is 23.4. The average molecular weight is 491 g/mol. The molecule has 0 bridgehead atoms. The van der Waals surface area contributed by atoms with E-state index in [1.54, 1.807) is 5.57 Å². The lowest BCUT2D eigenvalue weighted by atomic mass is 9.84. The molecule has 0 heteroatoms. The second-order valence-corrected chi connectivity index (χ2v) is 13.7. The van der Waals surface area contributed by atoms with Crippen LogP contribution >= 0.6 is 0 Å². The van der Waals surface area contributed by atoms with Crippen LogP contribution in [0.5, 0.6) is 0 Å². The molecule has 0 aliphatic heterocycles. The smallest absolute Gasteiger partial charge is 0.00513 e. The SMILES string of the molecule is CC(C)(C)c1ccc(-c2ccc(-c3ccc(C(C)(C)C)cc3)c3c2C=C(CC2CCCCCC2)C3)cc1. The van der Waals surface area contributed by atoms with Crippen LogP contribution in [0.1, 0.15) is 109 Å². The molecule has 0 nitrogen and oxygen atoms in total. The first kappa shape index (κ1) is 26.0.